The quantitative estimate of drug-likeness (QED) is 0.608. The Morgan fingerprint density at radius 3 is 2.87 bits per heavy atom. The van der Waals surface area contributed by atoms with Gasteiger partial charge in [0, 0.05) is 13.1 Å². The molecule has 1 amide bonds. The maximum Gasteiger partial charge on any atom is 0.237 e. The SMILES string of the molecule is CC(CNC(=O)C1CC(O)CN1)C1CC1. The molecule has 0 aromatic rings. The second-order valence-corrected chi connectivity index (χ2v) is 4.91. The number of β-amino-alcohol motifs (C(OH)–C–C–N with tert-alkyl or cyclic N) is 1. The fraction of sp³-hybridized carbons (Fsp3) is 0.909. The van der Waals surface area contributed by atoms with Crippen molar-refractivity contribution in [3.8, 4) is 0 Å². The highest BCUT2D eigenvalue weighted by Crippen LogP contribution is 2.36. The molecule has 2 aliphatic rings. The zero-order chi connectivity index (χ0) is 10.8. The molecule has 1 heterocycles. The summed E-state index contributed by atoms with van der Waals surface area (Å²) in [5, 5.41) is 15.2. The first-order valence-corrected chi connectivity index (χ1v) is 5.86. The smallest absolute Gasteiger partial charge is 0.237 e. The van der Waals surface area contributed by atoms with Crippen LogP contribution in [0.25, 0.3) is 0 Å². The highest BCUT2D eigenvalue weighted by atomic mass is 16.3. The fourth-order valence-electron chi connectivity index (χ4n) is 2.13. The molecule has 3 N–H and O–H groups in total. The van der Waals surface area contributed by atoms with Gasteiger partial charge in [0.05, 0.1) is 12.1 Å². The van der Waals surface area contributed by atoms with Crippen molar-refractivity contribution >= 4 is 5.91 Å². The van der Waals surface area contributed by atoms with E-state index in [0.29, 0.717) is 18.9 Å². The number of carbonyl (C=O) groups excluding carboxylic acids is 1. The number of amides is 1. The number of aliphatic hydroxyl groups excluding tert-OH is 1. The summed E-state index contributed by atoms with van der Waals surface area (Å²) in [6.45, 7) is 3.50. The van der Waals surface area contributed by atoms with Gasteiger partial charge in [0.1, 0.15) is 0 Å². The van der Waals surface area contributed by atoms with Crippen LogP contribution in [0.4, 0.5) is 0 Å². The third-order valence-electron chi connectivity index (χ3n) is 3.45. The van der Waals surface area contributed by atoms with Gasteiger partial charge in [-0.1, -0.05) is 6.92 Å². The molecule has 86 valence electrons. The molecular formula is C11H20N2O2. The molecule has 0 radical (unpaired) electrons. The van der Waals surface area contributed by atoms with Gasteiger partial charge in [-0.2, -0.15) is 0 Å². The first kappa shape index (κ1) is 10.9. The van der Waals surface area contributed by atoms with Gasteiger partial charge in [-0.25, -0.2) is 0 Å². The summed E-state index contributed by atoms with van der Waals surface area (Å²) in [6, 6.07) is -0.189. The first-order chi connectivity index (χ1) is 7.16. The van der Waals surface area contributed by atoms with E-state index in [9.17, 15) is 9.90 Å². The number of hydrogen-bond donors (Lipinski definition) is 3. The van der Waals surface area contributed by atoms with E-state index in [2.05, 4.69) is 17.6 Å². The number of carbonyl (C=O) groups is 1. The predicted octanol–water partition coefficient (Wildman–Crippen LogP) is -0.128. The summed E-state index contributed by atoms with van der Waals surface area (Å²) < 4.78 is 0. The van der Waals surface area contributed by atoms with E-state index in [4.69, 9.17) is 0 Å². The van der Waals surface area contributed by atoms with Gasteiger partial charge in [0.2, 0.25) is 5.91 Å². The lowest BCUT2D eigenvalue weighted by Gasteiger charge is -2.14. The maximum absolute atomic E-state index is 11.7. The van der Waals surface area contributed by atoms with Crippen LogP contribution in [0.3, 0.4) is 0 Å². The van der Waals surface area contributed by atoms with E-state index < -0.39 is 0 Å². The molecule has 3 atom stereocenters. The third kappa shape index (κ3) is 2.92. The van der Waals surface area contributed by atoms with E-state index >= 15 is 0 Å². The summed E-state index contributed by atoms with van der Waals surface area (Å²) in [7, 11) is 0. The number of aliphatic hydroxyl groups is 1. The predicted molar refractivity (Wildman–Crippen MR) is 57.3 cm³/mol. The fourth-order valence-corrected chi connectivity index (χ4v) is 2.13. The summed E-state index contributed by atoms with van der Waals surface area (Å²) in [6.07, 6.45) is 2.82. The highest BCUT2D eigenvalue weighted by Gasteiger charge is 2.30. The van der Waals surface area contributed by atoms with Crippen molar-refractivity contribution in [1.29, 1.82) is 0 Å². The number of hydrogen-bond acceptors (Lipinski definition) is 3. The van der Waals surface area contributed by atoms with Crippen molar-refractivity contribution in [3.63, 3.8) is 0 Å². The van der Waals surface area contributed by atoms with Crippen LogP contribution in [0, 0.1) is 11.8 Å². The molecule has 0 bridgehead atoms. The Kier molecular flexibility index (Phi) is 3.26. The van der Waals surface area contributed by atoms with Crippen molar-refractivity contribution in [2.45, 2.75) is 38.3 Å². The molecule has 2 fully saturated rings. The molecular weight excluding hydrogens is 192 g/mol. The lowest BCUT2D eigenvalue weighted by atomic mass is 10.1. The highest BCUT2D eigenvalue weighted by molar-refractivity contribution is 5.82. The minimum absolute atomic E-state index is 0.0408. The van der Waals surface area contributed by atoms with Crippen LogP contribution >= 0.6 is 0 Å². The summed E-state index contributed by atoms with van der Waals surface area (Å²) >= 11 is 0. The number of rotatable bonds is 4. The van der Waals surface area contributed by atoms with Crippen LogP contribution in [0.5, 0.6) is 0 Å². The van der Waals surface area contributed by atoms with Crippen LogP contribution in [-0.2, 0) is 4.79 Å². The maximum atomic E-state index is 11.7. The molecule has 2 rings (SSSR count). The minimum atomic E-state index is -0.360. The topological polar surface area (TPSA) is 61.4 Å². The molecule has 15 heavy (non-hydrogen) atoms. The molecule has 0 aromatic carbocycles. The average molecular weight is 212 g/mol. The molecule has 1 aliphatic heterocycles. The Bertz CT molecular complexity index is 241. The second-order valence-electron chi connectivity index (χ2n) is 4.91. The zero-order valence-corrected chi connectivity index (χ0v) is 9.20. The van der Waals surface area contributed by atoms with Crippen molar-refractivity contribution < 1.29 is 9.90 Å². The molecule has 0 aromatic heterocycles. The van der Waals surface area contributed by atoms with Gasteiger partial charge in [-0.3, -0.25) is 4.79 Å². The van der Waals surface area contributed by atoms with E-state index in [-0.39, 0.29) is 18.1 Å². The Balaban J connectivity index is 1.67. The number of nitrogens with one attached hydrogen (secondary N) is 2. The monoisotopic (exact) mass is 212 g/mol. The van der Waals surface area contributed by atoms with Crippen LogP contribution in [0.2, 0.25) is 0 Å². The van der Waals surface area contributed by atoms with E-state index in [1.54, 1.807) is 0 Å². The lowest BCUT2D eigenvalue weighted by Crippen LogP contribution is -2.42. The average Bonchev–Trinajstić information content (AvgIpc) is 2.97. The van der Waals surface area contributed by atoms with Gasteiger partial charge in [0.15, 0.2) is 0 Å². The van der Waals surface area contributed by atoms with E-state index in [0.717, 1.165) is 12.5 Å². The van der Waals surface area contributed by atoms with Gasteiger partial charge in [0.25, 0.3) is 0 Å². The Labute approximate surface area is 90.4 Å². The molecule has 4 nitrogen and oxygen atoms in total. The van der Waals surface area contributed by atoms with Gasteiger partial charge >= 0.3 is 0 Å². The zero-order valence-electron chi connectivity index (χ0n) is 9.20. The minimum Gasteiger partial charge on any atom is -0.392 e. The van der Waals surface area contributed by atoms with Gasteiger partial charge in [-0.05, 0) is 31.1 Å². The van der Waals surface area contributed by atoms with Crippen LogP contribution in [0.15, 0.2) is 0 Å². The van der Waals surface area contributed by atoms with Gasteiger partial charge in [-0.15, -0.1) is 0 Å². The van der Waals surface area contributed by atoms with E-state index in [1.807, 2.05) is 0 Å². The normalized spacial score (nSPS) is 32.7. The Morgan fingerprint density at radius 1 is 1.60 bits per heavy atom. The summed E-state index contributed by atoms with van der Waals surface area (Å²) in [5.74, 6) is 1.46. The molecule has 1 aliphatic carbocycles. The second kappa shape index (κ2) is 4.49. The first-order valence-electron chi connectivity index (χ1n) is 5.86. The molecule has 1 saturated heterocycles. The Hall–Kier alpha value is -0.610. The molecule has 1 saturated carbocycles. The lowest BCUT2D eigenvalue weighted by molar-refractivity contribution is -0.123. The van der Waals surface area contributed by atoms with Gasteiger partial charge < -0.3 is 15.7 Å². The van der Waals surface area contributed by atoms with Crippen molar-refractivity contribution in [2.24, 2.45) is 11.8 Å². The third-order valence-corrected chi connectivity index (χ3v) is 3.45. The van der Waals surface area contributed by atoms with Crippen LogP contribution in [-0.4, -0.2) is 36.2 Å². The largest absolute Gasteiger partial charge is 0.392 e. The van der Waals surface area contributed by atoms with Crippen LogP contribution in [0.1, 0.15) is 26.2 Å². The standard InChI is InChI=1S/C11H20N2O2/c1-7(8-2-3-8)5-13-11(15)10-4-9(14)6-12-10/h7-10,12,14H,2-6H2,1H3,(H,13,15). The molecule has 3 unspecified atom stereocenters. The molecule has 0 spiro atoms. The molecule has 4 heteroatoms. The van der Waals surface area contributed by atoms with Crippen molar-refractivity contribution in [2.75, 3.05) is 13.1 Å². The summed E-state index contributed by atoms with van der Waals surface area (Å²) in [4.78, 5) is 11.7. The van der Waals surface area contributed by atoms with Crippen molar-refractivity contribution in [1.82, 2.24) is 10.6 Å². The Morgan fingerprint density at radius 2 is 2.33 bits per heavy atom. The summed E-state index contributed by atoms with van der Waals surface area (Å²) in [5.41, 5.74) is 0. The van der Waals surface area contributed by atoms with E-state index in [1.165, 1.54) is 12.8 Å². The van der Waals surface area contributed by atoms with Crippen LogP contribution < -0.4 is 10.6 Å². The van der Waals surface area contributed by atoms with Crippen molar-refractivity contribution in [3.05, 3.63) is 0 Å².